The molecule has 2 aliphatic rings. The van der Waals surface area contributed by atoms with Gasteiger partial charge < -0.3 is 4.90 Å². The first kappa shape index (κ1) is 27.0. The molecule has 3 atom stereocenters. The summed E-state index contributed by atoms with van der Waals surface area (Å²) in [5, 5.41) is 9.33. The maximum atomic E-state index is 13.5. The first-order chi connectivity index (χ1) is 15.4. The van der Waals surface area contributed by atoms with Crippen molar-refractivity contribution in [3.05, 3.63) is 52.8 Å². The molecule has 2 fully saturated rings. The van der Waals surface area contributed by atoms with E-state index in [0.29, 0.717) is 11.3 Å². The van der Waals surface area contributed by atoms with Gasteiger partial charge in [-0.3, -0.25) is 14.8 Å². The normalized spacial score (nSPS) is 24.2. The summed E-state index contributed by atoms with van der Waals surface area (Å²) in [4.78, 5) is 15.6. The van der Waals surface area contributed by atoms with Gasteiger partial charge in [0.15, 0.2) is 0 Å². The van der Waals surface area contributed by atoms with E-state index >= 15 is 0 Å². The third-order valence-corrected chi connectivity index (χ3v) is 7.76. The molecule has 1 aromatic heterocycles. The number of nitrogens with one attached hydrogen (secondary N) is 1. The van der Waals surface area contributed by atoms with Gasteiger partial charge in [-0.25, -0.2) is 0 Å². The standard InChI is InChI=1S/C27H39ClN4O.ClH/c1-26(2,3)19-11-14-31(15-12-19)25(33)23-17-21(22-13-16-32(30-22)27(4,5)6)24(29-23)18-7-9-20(28)10-8-18;/h7-10,13,16,19,21,23-24,29H,11-12,14-15,17H2,1-6H3;1H/t21?,23-,24-;/m0./s1. The first-order valence-electron chi connectivity index (χ1n) is 12.3. The largest absolute Gasteiger partial charge is 0.341 e. The van der Waals surface area contributed by atoms with Crippen LogP contribution in [-0.2, 0) is 10.3 Å². The van der Waals surface area contributed by atoms with Gasteiger partial charge in [-0.1, -0.05) is 44.5 Å². The molecule has 2 aromatic rings. The molecule has 0 bridgehead atoms. The molecule has 0 radical (unpaired) electrons. The lowest BCUT2D eigenvalue weighted by molar-refractivity contribution is -0.135. The van der Waals surface area contributed by atoms with Crippen LogP contribution in [0.2, 0.25) is 5.02 Å². The smallest absolute Gasteiger partial charge is 0.239 e. The van der Waals surface area contributed by atoms with Gasteiger partial charge in [0.1, 0.15) is 0 Å². The molecule has 1 amide bonds. The van der Waals surface area contributed by atoms with E-state index < -0.39 is 0 Å². The number of nitrogens with zero attached hydrogens (tertiary/aromatic N) is 3. The van der Waals surface area contributed by atoms with E-state index in [1.54, 1.807) is 0 Å². The van der Waals surface area contributed by atoms with Crippen LogP contribution in [0, 0.1) is 11.3 Å². The number of piperidine rings is 1. The number of halogens is 2. The Labute approximate surface area is 216 Å². The Hall–Kier alpha value is -1.56. The fraction of sp³-hybridized carbons (Fsp3) is 0.630. The van der Waals surface area contributed by atoms with Crippen molar-refractivity contribution in [2.24, 2.45) is 11.3 Å². The quantitative estimate of drug-likeness (QED) is 0.540. The van der Waals surface area contributed by atoms with Gasteiger partial charge in [-0.2, -0.15) is 5.10 Å². The molecule has 1 aromatic carbocycles. The predicted octanol–water partition coefficient (Wildman–Crippen LogP) is 6.18. The summed E-state index contributed by atoms with van der Waals surface area (Å²) in [5.41, 5.74) is 2.42. The van der Waals surface area contributed by atoms with Gasteiger partial charge in [-0.05, 0) is 75.1 Å². The van der Waals surface area contributed by atoms with Gasteiger partial charge in [0.05, 0.1) is 17.3 Å². The van der Waals surface area contributed by atoms with Crippen LogP contribution in [0.4, 0.5) is 0 Å². The van der Waals surface area contributed by atoms with Gasteiger partial charge in [0, 0.05) is 36.3 Å². The molecule has 7 heteroatoms. The molecule has 0 saturated carbocycles. The Balaban J connectivity index is 0.00000324. The Bertz CT molecular complexity index is 966. The second-order valence-electron chi connectivity index (χ2n) is 11.9. The average Bonchev–Trinajstić information content (AvgIpc) is 3.40. The summed E-state index contributed by atoms with van der Waals surface area (Å²) in [6.07, 6.45) is 4.98. The molecule has 3 heterocycles. The maximum Gasteiger partial charge on any atom is 0.239 e. The van der Waals surface area contributed by atoms with Crippen molar-refractivity contribution in [3.8, 4) is 0 Å². The highest BCUT2D eigenvalue weighted by atomic mass is 35.5. The molecule has 188 valence electrons. The highest BCUT2D eigenvalue weighted by Crippen LogP contribution is 2.41. The van der Waals surface area contributed by atoms with E-state index in [1.807, 2.05) is 16.8 Å². The van der Waals surface area contributed by atoms with Crippen molar-refractivity contribution in [3.63, 3.8) is 0 Å². The first-order valence-corrected chi connectivity index (χ1v) is 12.7. The Morgan fingerprint density at radius 3 is 2.18 bits per heavy atom. The van der Waals surface area contributed by atoms with E-state index in [0.717, 1.165) is 48.6 Å². The summed E-state index contributed by atoms with van der Waals surface area (Å²) in [6, 6.07) is 9.94. The molecule has 0 spiro atoms. The molecular weight excluding hydrogens is 467 g/mol. The number of carbonyl (C=O) groups is 1. The van der Waals surface area contributed by atoms with Gasteiger partial charge >= 0.3 is 0 Å². The van der Waals surface area contributed by atoms with Crippen LogP contribution < -0.4 is 5.32 Å². The lowest BCUT2D eigenvalue weighted by atomic mass is 9.75. The van der Waals surface area contributed by atoms with Crippen LogP contribution in [0.25, 0.3) is 0 Å². The van der Waals surface area contributed by atoms with Crippen LogP contribution in [0.3, 0.4) is 0 Å². The van der Waals surface area contributed by atoms with Crippen LogP contribution in [0.5, 0.6) is 0 Å². The molecule has 1 unspecified atom stereocenters. The SMILES string of the molecule is CC(C)(C)C1CCN(C(=O)[C@@H]2CC(c3ccn(C(C)(C)C)n3)[C@H](c3ccc(Cl)cc3)N2)CC1.Cl. The average molecular weight is 508 g/mol. The van der Waals surface area contributed by atoms with Crippen molar-refractivity contribution < 1.29 is 4.79 Å². The molecular formula is C27H40Cl2N4O. The van der Waals surface area contributed by atoms with Crippen molar-refractivity contribution in [1.82, 2.24) is 20.0 Å². The van der Waals surface area contributed by atoms with Gasteiger partial charge in [0.25, 0.3) is 0 Å². The zero-order valence-corrected chi connectivity index (χ0v) is 22.9. The monoisotopic (exact) mass is 506 g/mol. The summed E-state index contributed by atoms with van der Waals surface area (Å²) in [6.45, 7) is 15.1. The highest BCUT2D eigenvalue weighted by molar-refractivity contribution is 6.30. The van der Waals surface area contributed by atoms with E-state index in [2.05, 4.69) is 76.2 Å². The molecule has 2 saturated heterocycles. The second kappa shape index (κ2) is 10.2. The predicted molar refractivity (Wildman–Crippen MR) is 142 cm³/mol. The van der Waals surface area contributed by atoms with Crippen molar-refractivity contribution in [2.75, 3.05) is 13.1 Å². The lowest BCUT2D eigenvalue weighted by Crippen LogP contribution is -2.48. The fourth-order valence-electron chi connectivity index (χ4n) is 5.35. The summed E-state index contributed by atoms with van der Waals surface area (Å²) in [5.74, 6) is 1.05. The molecule has 4 rings (SSSR count). The van der Waals surface area contributed by atoms with Crippen molar-refractivity contribution in [2.45, 2.75) is 84.3 Å². The summed E-state index contributed by atoms with van der Waals surface area (Å²) < 4.78 is 2.02. The van der Waals surface area contributed by atoms with Crippen molar-refractivity contribution >= 4 is 29.9 Å². The van der Waals surface area contributed by atoms with E-state index in [1.165, 1.54) is 0 Å². The number of hydrogen-bond acceptors (Lipinski definition) is 3. The van der Waals surface area contributed by atoms with Crippen LogP contribution >= 0.6 is 24.0 Å². The number of rotatable bonds is 3. The molecule has 5 nitrogen and oxygen atoms in total. The zero-order chi connectivity index (χ0) is 24.0. The van der Waals surface area contributed by atoms with Crippen LogP contribution in [0.15, 0.2) is 36.5 Å². The minimum absolute atomic E-state index is 0. The van der Waals surface area contributed by atoms with Crippen LogP contribution in [0.1, 0.15) is 84.0 Å². The van der Waals surface area contributed by atoms with E-state index in [-0.39, 0.29) is 41.9 Å². The number of hydrogen-bond donors (Lipinski definition) is 1. The minimum atomic E-state index is -0.193. The molecule has 0 aliphatic carbocycles. The Kier molecular flexibility index (Phi) is 8.11. The third-order valence-electron chi connectivity index (χ3n) is 7.51. The number of benzene rings is 1. The summed E-state index contributed by atoms with van der Waals surface area (Å²) in [7, 11) is 0. The summed E-state index contributed by atoms with van der Waals surface area (Å²) >= 11 is 6.15. The number of carbonyl (C=O) groups excluding carboxylic acids is 1. The molecule has 1 N–H and O–H groups in total. The van der Waals surface area contributed by atoms with Crippen LogP contribution in [-0.4, -0.2) is 39.7 Å². The topological polar surface area (TPSA) is 50.2 Å². The maximum absolute atomic E-state index is 13.5. The van der Waals surface area contributed by atoms with Gasteiger partial charge in [-0.15, -0.1) is 12.4 Å². The number of amides is 1. The third kappa shape index (κ3) is 5.80. The number of likely N-dealkylation sites (tertiary alicyclic amines) is 1. The Morgan fingerprint density at radius 1 is 1.03 bits per heavy atom. The fourth-order valence-corrected chi connectivity index (χ4v) is 5.47. The molecule has 34 heavy (non-hydrogen) atoms. The van der Waals surface area contributed by atoms with E-state index in [9.17, 15) is 4.79 Å². The zero-order valence-electron chi connectivity index (χ0n) is 21.3. The number of aromatic nitrogens is 2. The second-order valence-corrected chi connectivity index (χ2v) is 12.3. The lowest BCUT2D eigenvalue weighted by Gasteiger charge is -2.39. The Morgan fingerprint density at radius 2 is 1.65 bits per heavy atom. The minimum Gasteiger partial charge on any atom is -0.341 e. The highest BCUT2D eigenvalue weighted by Gasteiger charge is 2.42. The molecule has 2 aliphatic heterocycles. The van der Waals surface area contributed by atoms with Crippen molar-refractivity contribution in [1.29, 1.82) is 0 Å². The van der Waals surface area contributed by atoms with Gasteiger partial charge in [0.2, 0.25) is 5.91 Å². The van der Waals surface area contributed by atoms with E-state index in [4.69, 9.17) is 16.7 Å².